The number of benzene rings is 1. The van der Waals surface area contributed by atoms with Crippen LogP contribution in [0.15, 0.2) is 41.0 Å². The van der Waals surface area contributed by atoms with Gasteiger partial charge < -0.3 is 10.1 Å². The quantitative estimate of drug-likeness (QED) is 0.859. The van der Waals surface area contributed by atoms with Gasteiger partial charge in [0.05, 0.1) is 16.4 Å². The molecular formula is C16H16BrFN2O. The Balaban J connectivity index is 1.53. The fourth-order valence-corrected chi connectivity index (χ4v) is 2.36. The Kier molecular flexibility index (Phi) is 4.51. The van der Waals surface area contributed by atoms with Crippen LogP contribution in [0.2, 0.25) is 0 Å². The molecule has 110 valence electrons. The first-order valence-corrected chi connectivity index (χ1v) is 7.75. The number of hydrogen-bond donors (Lipinski definition) is 1. The molecule has 1 aromatic heterocycles. The molecule has 1 fully saturated rings. The van der Waals surface area contributed by atoms with Crippen LogP contribution in [0.4, 0.5) is 4.39 Å². The Morgan fingerprint density at radius 2 is 2.14 bits per heavy atom. The summed E-state index contributed by atoms with van der Waals surface area (Å²) in [6.07, 6.45) is 4.27. The van der Waals surface area contributed by atoms with Crippen LogP contribution in [-0.2, 0) is 13.2 Å². The summed E-state index contributed by atoms with van der Waals surface area (Å²) in [4.78, 5) is 4.37. The SMILES string of the molecule is Fc1ccc(COc2ccc(CNC3CC3)nc2)cc1Br. The smallest absolute Gasteiger partial charge is 0.138 e. The van der Waals surface area contributed by atoms with Crippen molar-refractivity contribution in [2.75, 3.05) is 0 Å². The maximum atomic E-state index is 13.1. The van der Waals surface area contributed by atoms with Gasteiger partial charge in [-0.2, -0.15) is 0 Å². The largest absolute Gasteiger partial charge is 0.487 e. The minimum atomic E-state index is -0.270. The second-order valence-corrected chi connectivity index (χ2v) is 6.03. The van der Waals surface area contributed by atoms with Crippen LogP contribution in [0, 0.1) is 5.82 Å². The number of nitrogens with one attached hydrogen (secondary N) is 1. The van der Waals surface area contributed by atoms with Gasteiger partial charge in [0.15, 0.2) is 0 Å². The summed E-state index contributed by atoms with van der Waals surface area (Å²) in [5.74, 6) is 0.443. The summed E-state index contributed by atoms with van der Waals surface area (Å²) in [6, 6.07) is 9.41. The molecule has 0 saturated heterocycles. The number of pyridine rings is 1. The molecule has 0 spiro atoms. The fraction of sp³-hybridized carbons (Fsp3) is 0.312. The van der Waals surface area contributed by atoms with Gasteiger partial charge in [0.25, 0.3) is 0 Å². The molecule has 1 heterocycles. The van der Waals surface area contributed by atoms with Gasteiger partial charge in [0.1, 0.15) is 18.2 Å². The number of nitrogens with zero attached hydrogens (tertiary/aromatic N) is 1. The molecule has 0 radical (unpaired) electrons. The molecule has 21 heavy (non-hydrogen) atoms. The lowest BCUT2D eigenvalue weighted by Gasteiger charge is -2.08. The Labute approximate surface area is 131 Å². The van der Waals surface area contributed by atoms with Crippen LogP contribution in [0.3, 0.4) is 0 Å². The van der Waals surface area contributed by atoms with E-state index in [4.69, 9.17) is 4.74 Å². The molecule has 2 aromatic rings. The van der Waals surface area contributed by atoms with E-state index in [1.54, 1.807) is 18.3 Å². The first-order valence-electron chi connectivity index (χ1n) is 6.96. The minimum absolute atomic E-state index is 0.270. The topological polar surface area (TPSA) is 34.1 Å². The molecular weight excluding hydrogens is 335 g/mol. The molecule has 3 rings (SSSR count). The van der Waals surface area contributed by atoms with E-state index in [0.29, 0.717) is 22.9 Å². The van der Waals surface area contributed by atoms with Gasteiger partial charge in [0, 0.05) is 12.6 Å². The van der Waals surface area contributed by atoms with Crippen LogP contribution >= 0.6 is 15.9 Å². The first kappa shape index (κ1) is 14.5. The van der Waals surface area contributed by atoms with E-state index >= 15 is 0 Å². The Hall–Kier alpha value is -1.46. The zero-order chi connectivity index (χ0) is 14.7. The van der Waals surface area contributed by atoms with Crippen molar-refractivity contribution >= 4 is 15.9 Å². The minimum Gasteiger partial charge on any atom is -0.487 e. The third-order valence-corrected chi connectivity index (χ3v) is 3.94. The van der Waals surface area contributed by atoms with Crippen LogP contribution in [0.5, 0.6) is 5.75 Å². The van der Waals surface area contributed by atoms with Crippen molar-refractivity contribution in [1.82, 2.24) is 10.3 Å². The van der Waals surface area contributed by atoms with Crippen molar-refractivity contribution in [1.29, 1.82) is 0 Å². The summed E-state index contributed by atoms with van der Waals surface area (Å²) in [5, 5.41) is 3.42. The molecule has 0 aliphatic heterocycles. The van der Waals surface area contributed by atoms with Crippen LogP contribution in [0.25, 0.3) is 0 Å². The molecule has 0 amide bonds. The lowest BCUT2D eigenvalue weighted by Crippen LogP contribution is -2.16. The molecule has 0 atom stereocenters. The predicted octanol–water partition coefficient (Wildman–Crippen LogP) is 3.81. The van der Waals surface area contributed by atoms with E-state index in [9.17, 15) is 4.39 Å². The van der Waals surface area contributed by atoms with Crippen LogP contribution < -0.4 is 10.1 Å². The molecule has 5 heteroatoms. The number of hydrogen-bond acceptors (Lipinski definition) is 3. The third-order valence-electron chi connectivity index (χ3n) is 3.34. The number of halogens is 2. The van der Waals surface area contributed by atoms with Crippen molar-refractivity contribution in [2.24, 2.45) is 0 Å². The Morgan fingerprint density at radius 1 is 1.29 bits per heavy atom. The Bertz CT molecular complexity index is 614. The van der Waals surface area contributed by atoms with E-state index in [2.05, 4.69) is 26.2 Å². The zero-order valence-corrected chi connectivity index (χ0v) is 13.1. The van der Waals surface area contributed by atoms with Gasteiger partial charge >= 0.3 is 0 Å². The van der Waals surface area contributed by atoms with E-state index in [1.165, 1.54) is 18.9 Å². The predicted molar refractivity (Wildman–Crippen MR) is 82.5 cm³/mol. The van der Waals surface area contributed by atoms with E-state index < -0.39 is 0 Å². The molecule has 0 bridgehead atoms. The molecule has 1 aliphatic rings. The lowest BCUT2D eigenvalue weighted by atomic mass is 10.2. The maximum absolute atomic E-state index is 13.1. The second kappa shape index (κ2) is 6.54. The van der Waals surface area contributed by atoms with Gasteiger partial charge in [-0.05, 0) is 58.6 Å². The monoisotopic (exact) mass is 350 g/mol. The average Bonchev–Trinajstić information content (AvgIpc) is 3.32. The van der Waals surface area contributed by atoms with Gasteiger partial charge in [0.2, 0.25) is 0 Å². The summed E-state index contributed by atoms with van der Waals surface area (Å²) in [6.45, 7) is 1.19. The summed E-state index contributed by atoms with van der Waals surface area (Å²) in [7, 11) is 0. The summed E-state index contributed by atoms with van der Waals surface area (Å²) < 4.78 is 19.2. The maximum Gasteiger partial charge on any atom is 0.138 e. The normalized spacial score (nSPS) is 14.2. The fourth-order valence-electron chi connectivity index (χ4n) is 1.93. The lowest BCUT2D eigenvalue weighted by molar-refractivity contribution is 0.304. The van der Waals surface area contributed by atoms with Gasteiger partial charge in [-0.15, -0.1) is 0 Å². The van der Waals surface area contributed by atoms with E-state index in [0.717, 1.165) is 17.8 Å². The molecule has 1 aromatic carbocycles. The van der Waals surface area contributed by atoms with E-state index in [1.807, 2.05) is 12.1 Å². The Morgan fingerprint density at radius 3 is 2.81 bits per heavy atom. The molecule has 1 N–H and O–H groups in total. The van der Waals surface area contributed by atoms with Crippen molar-refractivity contribution in [2.45, 2.75) is 32.0 Å². The number of ether oxygens (including phenoxy) is 1. The van der Waals surface area contributed by atoms with Crippen molar-refractivity contribution in [3.05, 3.63) is 58.1 Å². The number of aromatic nitrogens is 1. The zero-order valence-electron chi connectivity index (χ0n) is 11.5. The van der Waals surface area contributed by atoms with Crippen molar-refractivity contribution in [3.8, 4) is 5.75 Å². The highest BCUT2D eigenvalue weighted by atomic mass is 79.9. The van der Waals surface area contributed by atoms with Crippen LogP contribution in [-0.4, -0.2) is 11.0 Å². The first-order chi connectivity index (χ1) is 10.2. The van der Waals surface area contributed by atoms with Crippen LogP contribution in [0.1, 0.15) is 24.1 Å². The third kappa shape index (κ3) is 4.25. The molecule has 1 aliphatic carbocycles. The van der Waals surface area contributed by atoms with Crippen molar-refractivity contribution in [3.63, 3.8) is 0 Å². The number of rotatable bonds is 6. The second-order valence-electron chi connectivity index (χ2n) is 5.18. The molecule has 0 unspecified atom stereocenters. The highest BCUT2D eigenvalue weighted by Gasteiger charge is 2.20. The summed E-state index contributed by atoms with van der Waals surface area (Å²) in [5.41, 5.74) is 1.92. The van der Waals surface area contributed by atoms with Gasteiger partial charge in [-0.3, -0.25) is 4.98 Å². The average molecular weight is 351 g/mol. The summed E-state index contributed by atoms with van der Waals surface area (Å²) >= 11 is 3.17. The highest BCUT2D eigenvalue weighted by molar-refractivity contribution is 9.10. The van der Waals surface area contributed by atoms with Gasteiger partial charge in [-0.1, -0.05) is 6.07 Å². The highest BCUT2D eigenvalue weighted by Crippen LogP contribution is 2.20. The van der Waals surface area contributed by atoms with Gasteiger partial charge in [-0.25, -0.2) is 4.39 Å². The molecule has 3 nitrogen and oxygen atoms in total. The van der Waals surface area contributed by atoms with E-state index in [-0.39, 0.29) is 5.82 Å². The molecule has 1 saturated carbocycles. The van der Waals surface area contributed by atoms with Crippen molar-refractivity contribution < 1.29 is 9.13 Å². The standard InChI is InChI=1S/C16H16BrFN2O/c17-15-7-11(1-6-16(15)18)10-21-14-5-4-13(20-9-14)8-19-12-2-3-12/h1,4-7,9,12,19H,2-3,8,10H2.